The molecule has 2 aliphatic rings. The van der Waals surface area contributed by atoms with Crippen LogP contribution in [0.5, 0.6) is 0 Å². The molecule has 0 heterocycles. The molecule has 0 spiro atoms. The summed E-state index contributed by atoms with van der Waals surface area (Å²) in [4.78, 5) is 0. The zero-order valence-corrected chi connectivity index (χ0v) is 9.97. The molecule has 2 fully saturated rings. The van der Waals surface area contributed by atoms with Crippen LogP contribution in [0.2, 0.25) is 0 Å². The predicted molar refractivity (Wildman–Crippen MR) is 62.8 cm³/mol. The highest BCUT2D eigenvalue weighted by Crippen LogP contribution is 2.32. The van der Waals surface area contributed by atoms with E-state index < -0.39 is 5.60 Å². The highest BCUT2D eigenvalue weighted by atomic mass is 16.3. The van der Waals surface area contributed by atoms with Gasteiger partial charge in [0.2, 0.25) is 0 Å². The van der Waals surface area contributed by atoms with Gasteiger partial charge in [-0.1, -0.05) is 26.2 Å². The van der Waals surface area contributed by atoms with E-state index in [0.29, 0.717) is 0 Å². The van der Waals surface area contributed by atoms with Crippen LogP contribution in [0, 0.1) is 5.92 Å². The number of hydrogen-bond donors (Lipinski definition) is 2. The van der Waals surface area contributed by atoms with Crippen LogP contribution in [0.3, 0.4) is 0 Å². The largest absolute Gasteiger partial charge is 0.389 e. The molecule has 2 saturated carbocycles. The van der Waals surface area contributed by atoms with E-state index in [1.807, 2.05) is 0 Å². The molecule has 0 radical (unpaired) electrons. The van der Waals surface area contributed by atoms with Gasteiger partial charge in [-0.15, -0.1) is 0 Å². The van der Waals surface area contributed by atoms with E-state index in [0.717, 1.165) is 31.3 Å². The molecule has 0 aromatic heterocycles. The lowest BCUT2D eigenvalue weighted by Gasteiger charge is -2.27. The van der Waals surface area contributed by atoms with Crippen molar-refractivity contribution in [3.8, 4) is 0 Å². The second-order valence-corrected chi connectivity index (χ2v) is 5.58. The summed E-state index contributed by atoms with van der Waals surface area (Å²) in [6, 6.07) is 0.722. The highest BCUT2D eigenvalue weighted by molar-refractivity contribution is 4.89. The lowest BCUT2D eigenvalue weighted by Crippen LogP contribution is -2.41. The normalized spacial score (nSPS) is 37.6. The van der Waals surface area contributed by atoms with Crippen molar-refractivity contribution in [1.29, 1.82) is 0 Å². The van der Waals surface area contributed by atoms with Crippen molar-refractivity contribution in [1.82, 2.24) is 5.32 Å². The fourth-order valence-corrected chi connectivity index (χ4v) is 2.67. The van der Waals surface area contributed by atoms with Crippen LogP contribution in [0.1, 0.15) is 58.3 Å². The third kappa shape index (κ3) is 3.46. The smallest absolute Gasteiger partial charge is 0.0771 e. The summed E-state index contributed by atoms with van der Waals surface area (Å²) in [6.07, 6.45) is 9.67. The van der Waals surface area contributed by atoms with Gasteiger partial charge in [0.05, 0.1) is 5.60 Å². The topological polar surface area (TPSA) is 32.3 Å². The number of rotatable bonds is 4. The van der Waals surface area contributed by atoms with E-state index in [1.54, 1.807) is 0 Å². The van der Waals surface area contributed by atoms with Gasteiger partial charge in [-0.25, -0.2) is 0 Å². The van der Waals surface area contributed by atoms with Crippen molar-refractivity contribution in [3.05, 3.63) is 0 Å². The summed E-state index contributed by atoms with van der Waals surface area (Å²) in [7, 11) is 0. The number of hydrogen-bond acceptors (Lipinski definition) is 2. The molecule has 0 aromatic rings. The molecule has 2 rings (SSSR count). The standard InChI is InChI=1S/C13H25NO/c1-2-11-4-3-8-13(15,9-7-11)10-14-12-5-6-12/h11-12,14-15H,2-10H2,1H3. The van der Waals surface area contributed by atoms with E-state index >= 15 is 0 Å². The zero-order chi connectivity index (χ0) is 10.7. The average molecular weight is 211 g/mol. The number of aliphatic hydroxyl groups is 1. The van der Waals surface area contributed by atoms with Crippen molar-refractivity contribution in [2.75, 3.05) is 6.54 Å². The maximum Gasteiger partial charge on any atom is 0.0771 e. The maximum atomic E-state index is 10.5. The number of nitrogens with one attached hydrogen (secondary N) is 1. The first-order chi connectivity index (χ1) is 7.22. The molecule has 15 heavy (non-hydrogen) atoms. The Bertz CT molecular complexity index is 203. The van der Waals surface area contributed by atoms with Crippen molar-refractivity contribution in [2.24, 2.45) is 5.92 Å². The molecule has 0 aliphatic heterocycles. The second kappa shape index (κ2) is 4.84. The van der Waals surface area contributed by atoms with Crippen LogP contribution in [0.15, 0.2) is 0 Å². The van der Waals surface area contributed by atoms with Crippen molar-refractivity contribution in [2.45, 2.75) is 69.9 Å². The first-order valence-corrected chi connectivity index (χ1v) is 6.67. The maximum absolute atomic E-state index is 10.5. The van der Waals surface area contributed by atoms with Crippen molar-refractivity contribution >= 4 is 0 Å². The zero-order valence-electron chi connectivity index (χ0n) is 9.97. The Balaban J connectivity index is 1.78. The third-order valence-electron chi connectivity index (χ3n) is 4.15. The fraction of sp³-hybridized carbons (Fsp3) is 1.00. The van der Waals surface area contributed by atoms with Gasteiger partial charge in [-0.3, -0.25) is 0 Å². The lowest BCUT2D eigenvalue weighted by atomic mass is 9.93. The summed E-state index contributed by atoms with van der Waals surface area (Å²) < 4.78 is 0. The highest BCUT2D eigenvalue weighted by Gasteiger charge is 2.32. The summed E-state index contributed by atoms with van der Waals surface area (Å²) in [6.45, 7) is 3.10. The molecule has 2 N–H and O–H groups in total. The van der Waals surface area contributed by atoms with Gasteiger partial charge >= 0.3 is 0 Å². The van der Waals surface area contributed by atoms with E-state index in [9.17, 15) is 5.11 Å². The Labute approximate surface area is 93.5 Å². The Hall–Kier alpha value is -0.0800. The molecule has 0 bridgehead atoms. The van der Waals surface area contributed by atoms with E-state index in [-0.39, 0.29) is 0 Å². The van der Waals surface area contributed by atoms with E-state index in [2.05, 4.69) is 12.2 Å². The Morgan fingerprint density at radius 1 is 1.20 bits per heavy atom. The minimum atomic E-state index is -0.396. The average Bonchev–Trinajstić information content (AvgIpc) is 3.03. The van der Waals surface area contributed by atoms with Gasteiger partial charge in [0.1, 0.15) is 0 Å². The molecule has 2 heteroatoms. The second-order valence-electron chi connectivity index (χ2n) is 5.58. The predicted octanol–water partition coefficient (Wildman–Crippen LogP) is 2.46. The quantitative estimate of drug-likeness (QED) is 0.700. The Morgan fingerprint density at radius 2 is 2.00 bits per heavy atom. The minimum absolute atomic E-state index is 0.396. The van der Waals surface area contributed by atoms with Crippen LogP contribution in [0.4, 0.5) is 0 Å². The molecule has 0 aromatic carbocycles. The van der Waals surface area contributed by atoms with Crippen LogP contribution in [-0.2, 0) is 0 Å². The molecule has 2 nitrogen and oxygen atoms in total. The van der Waals surface area contributed by atoms with Gasteiger partial charge in [0.25, 0.3) is 0 Å². The van der Waals surface area contributed by atoms with Gasteiger partial charge in [-0.2, -0.15) is 0 Å². The summed E-state index contributed by atoms with van der Waals surface area (Å²) in [5, 5.41) is 14.0. The fourth-order valence-electron chi connectivity index (χ4n) is 2.67. The lowest BCUT2D eigenvalue weighted by molar-refractivity contribution is 0.0239. The summed E-state index contributed by atoms with van der Waals surface area (Å²) in [5.41, 5.74) is -0.396. The van der Waals surface area contributed by atoms with Crippen LogP contribution in [-0.4, -0.2) is 23.3 Å². The van der Waals surface area contributed by atoms with E-state index in [4.69, 9.17) is 0 Å². The Kier molecular flexibility index (Phi) is 3.68. The van der Waals surface area contributed by atoms with Gasteiger partial charge in [0, 0.05) is 12.6 Å². The Morgan fingerprint density at radius 3 is 2.67 bits per heavy atom. The molecule has 88 valence electrons. The van der Waals surface area contributed by atoms with Crippen LogP contribution < -0.4 is 5.32 Å². The molecule has 2 atom stereocenters. The van der Waals surface area contributed by atoms with Gasteiger partial charge in [-0.05, 0) is 38.0 Å². The van der Waals surface area contributed by atoms with Crippen molar-refractivity contribution < 1.29 is 5.11 Å². The first-order valence-electron chi connectivity index (χ1n) is 6.67. The molecule has 2 aliphatic carbocycles. The minimum Gasteiger partial charge on any atom is -0.389 e. The van der Waals surface area contributed by atoms with Crippen LogP contribution >= 0.6 is 0 Å². The molecule has 0 amide bonds. The van der Waals surface area contributed by atoms with Gasteiger partial charge in [0.15, 0.2) is 0 Å². The molecule has 0 saturated heterocycles. The van der Waals surface area contributed by atoms with Crippen molar-refractivity contribution in [3.63, 3.8) is 0 Å². The van der Waals surface area contributed by atoms with Gasteiger partial charge < -0.3 is 10.4 Å². The van der Waals surface area contributed by atoms with Crippen LogP contribution in [0.25, 0.3) is 0 Å². The molecular weight excluding hydrogens is 186 g/mol. The molecular formula is C13H25NO. The monoisotopic (exact) mass is 211 g/mol. The summed E-state index contributed by atoms with van der Waals surface area (Å²) in [5.74, 6) is 0.861. The molecule has 2 unspecified atom stereocenters. The third-order valence-corrected chi connectivity index (χ3v) is 4.15. The SMILES string of the molecule is CCC1CCCC(O)(CNC2CC2)CC1. The first kappa shape index (κ1) is 11.4. The van der Waals surface area contributed by atoms with E-state index in [1.165, 1.54) is 38.5 Å². The summed E-state index contributed by atoms with van der Waals surface area (Å²) >= 11 is 0.